The molecule has 0 nitrogen and oxygen atoms in total. The van der Waals surface area contributed by atoms with Crippen molar-refractivity contribution in [3.05, 3.63) is 227 Å². The topological polar surface area (TPSA) is 0 Å². The lowest BCUT2D eigenvalue weighted by atomic mass is 9.62. The van der Waals surface area contributed by atoms with Gasteiger partial charge in [-0.2, -0.15) is 0 Å². The molecule has 0 heterocycles. The monoisotopic (exact) mass is 630 g/mol. The van der Waals surface area contributed by atoms with Crippen LogP contribution in [-0.2, 0) is 0 Å². The van der Waals surface area contributed by atoms with Crippen LogP contribution in [0.25, 0.3) is 11.1 Å². The summed E-state index contributed by atoms with van der Waals surface area (Å²) in [5, 5.41) is 0. The molecule has 0 heteroatoms. The molecular formula is C49H42. The highest BCUT2D eigenvalue weighted by Crippen LogP contribution is 2.65. The fourth-order valence-corrected chi connectivity index (χ4v) is 9.77. The lowest BCUT2D eigenvalue weighted by Gasteiger charge is -2.41. The first-order chi connectivity index (χ1) is 24.3. The predicted molar refractivity (Wildman–Crippen MR) is 205 cm³/mol. The lowest BCUT2D eigenvalue weighted by molar-refractivity contribution is 0.232. The van der Waals surface area contributed by atoms with Gasteiger partial charge >= 0.3 is 0 Å². The fourth-order valence-electron chi connectivity index (χ4n) is 9.77. The minimum atomic E-state index is 0.103. The van der Waals surface area contributed by atoms with Crippen LogP contribution in [0.3, 0.4) is 0 Å². The molecule has 0 N–H and O–H groups in total. The third kappa shape index (κ3) is 5.13. The molecule has 238 valence electrons. The van der Waals surface area contributed by atoms with E-state index in [9.17, 15) is 0 Å². The van der Waals surface area contributed by atoms with Crippen molar-refractivity contribution >= 4 is 11.1 Å². The molecule has 1 fully saturated rings. The number of rotatable bonds is 8. The first kappa shape index (κ1) is 29.9. The van der Waals surface area contributed by atoms with Gasteiger partial charge < -0.3 is 0 Å². The van der Waals surface area contributed by atoms with Crippen molar-refractivity contribution in [3.63, 3.8) is 0 Å². The first-order valence-electron chi connectivity index (χ1n) is 18.1. The quantitative estimate of drug-likeness (QED) is 0.157. The molecule has 0 spiro atoms. The van der Waals surface area contributed by atoms with E-state index in [1.807, 2.05) is 0 Å². The molecule has 2 unspecified atom stereocenters. The van der Waals surface area contributed by atoms with Gasteiger partial charge in [-0.1, -0.05) is 195 Å². The van der Waals surface area contributed by atoms with Crippen LogP contribution in [-0.4, -0.2) is 0 Å². The molecule has 3 aliphatic carbocycles. The molecule has 3 aliphatic rings. The van der Waals surface area contributed by atoms with Gasteiger partial charge in [0.25, 0.3) is 0 Å². The number of benzene rings is 6. The van der Waals surface area contributed by atoms with Crippen LogP contribution in [0.5, 0.6) is 0 Å². The summed E-state index contributed by atoms with van der Waals surface area (Å²) >= 11 is 0. The Labute approximate surface area is 291 Å². The second kappa shape index (κ2) is 12.7. The van der Waals surface area contributed by atoms with Crippen LogP contribution in [0, 0.1) is 5.41 Å². The maximum atomic E-state index is 2.72. The summed E-state index contributed by atoms with van der Waals surface area (Å²) in [4.78, 5) is 0. The number of allylic oxidation sites excluding steroid dienone is 4. The smallest absolute Gasteiger partial charge is 0.0343 e. The van der Waals surface area contributed by atoms with E-state index in [0.29, 0.717) is 11.8 Å². The van der Waals surface area contributed by atoms with E-state index in [4.69, 9.17) is 0 Å². The van der Waals surface area contributed by atoms with Gasteiger partial charge in [0.1, 0.15) is 0 Å². The molecule has 0 radical (unpaired) electrons. The van der Waals surface area contributed by atoms with E-state index in [1.165, 1.54) is 81.3 Å². The highest BCUT2D eigenvalue weighted by Gasteiger charge is 2.51. The highest BCUT2D eigenvalue weighted by atomic mass is 14.5. The third-order valence-corrected chi connectivity index (χ3v) is 11.8. The van der Waals surface area contributed by atoms with Crippen molar-refractivity contribution in [3.8, 4) is 0 Å². The van der Waals surface area contributed by atoms with Gasteiger partial charge in [0.15, 0.2) is 0 Å². The third-order valence-electron chi connectivity index (χ3n) is 11.8. The average Bonchev–Trinajstić information content (AvgIpc) is 3.91. The minimum Gasteiger partial charge on any atom is -0.0716 e. The summed E-state index contributed by atoms with van der Waals surface area (Å²) in [6.07, 6.45) is 10.5. The molecule has 0 amide bonds. The van der Waals surface area contributed by atoms with Crippen LogP contribution in [0.4, 0.5) is 0 Å². The summed E-state index contributed by atoms with van der Waals surface area (Å²) in [6, 6.07) is 63.3. The van der Waals surface area contributed by atoms with Crippen molar-refractivity contribution in [2.45, 2.75) is 49.4 Å². The summed E-state index contributed by atoms with van der Waals surface area (Å²) < 4.78 is 0. The van der Waals surface area contributed by atoms with Gasteiger partial charge in [-0.05, 0) is 73.9 Å². The summed E-state index contributed by atoms with van der Waals surface area (Å²) in [5.74, 6) is 1.07. The second-order valence-corrected chi connectivity index (χ2v) is 14.3. The van der Waals surface area contributed by atoms with E-state index in [-0.39, 0.29) is 17.3 Å². The number of fused-ring (bicyclic) bond motifs is 2. The molecular weight excluding hydrogens is 589 g/mol. The molecule has 6 aromatic rings. The molecule has 1 saturated carbocycles. The zero-order valence-electron chi connectivity index (χ0n) is 28.0. The van der Waals surface area contributed by atoms with Crippen LogP contribution in [0.2, 0.25) is 0 Å². The molecule has 0 aromatic heterocycles. The standard InChI is InChI=1S/C49H42/c1-5-19-35(20-6-1)47(36-21-7-2-8-22-36)43-33-45(41-29-15-13-27-39(41)43)49(31-17-18-32-49)46-34-44(40-28-14-16-30-42(40)46)48(37-23-9-3-10-24-37)38-25-11-4-12-26-38/h1-16,19-30,33-34,45-48H,17-18,31-32H2. The predicted octanol–water partition coefficient (Wildman–Crippen LogP) is 12.6. The fraction of sp³-hybridized carbons (Fsp3) is 0.184. The van der Waals surface area contributed by atoms with Gasteiger partial charge in [-0.25, -0.2) is 0 Å². The molecule has 9 rings (SSSR count). The zero-order chi connectivity index (χ0) is 32.6. The van der Waals surface area contributed by atoms with Crippen molar-refractivity contribution in [1.82, 2.24) is 0 Å². The summed E-state index contributed by atoms with van der Waals surface area (Å²) in [5.41, 5.74) is 14.4. The van der Waals surface area contributed by atoms with E-state index in [0.717, 1.165) is 0 Å². The highest BCUT2D eigenvalue weighted by molar-refractivity contribution is 5.84. The lowest BCUT2D eigenvalue weighted by Crippen LogP contribution is -2.30. The summed E-state index contributed by atoms with van der Waals surface area (Å²) in [6.45, 7) is 0. The van der Waals surface area contributed by atoms with Crippen molar-refractivity contribution in [2.75, 3.05) is 0 Å². The van der Waals surface area contributed by atoms with Gasteiger partial charge in [0.05, 0.1) is 0 Å². The van der Waals surface area contributed by atoms with E-state index >= 15 is 0 Å². The van der Waals surface area contributed by atoms with Crippen LogP contribution in [0.1, 0.15) is 93.9 Å². The van der Waals surface area contributed by atoms with Gasteiger partial charge in [-0.3, -0.25) is 0 Å². The Hall–Kier alpha value is -5.20. The van der Waals surface area contributed by atoms with Gasteiger partial charge in [0, 0.05) is 23.7 Å². The largest absolute Gasteiger partial charge is 0.0716 e. The van der Waals surface area contributed by atoms with Crippen LogP contribution in [0.15, 0.2) is 182 Å². The Balaban J connectivity index is 1.23. The maximum absolute atomic E-state index is 2.72. The Morgan fingerprint density at radius 1 is 0.367 bits per heavy atom. The Morgan fingerprint density at radius 2 is 0.673 bits per heavy atom. The van der Waals surface area contributed by atoms with Crippen LogP contribution >= 0.6 is 0 Å². The Bertz CT molecular complexity index is 1890. The van der Waals surface area contributed by atoms with Crippen molar-refractivity contribution in [2.24, 2.45) is 5.41 Å². The molecule has 0 aliphatic heterocycles. The van der Waals surface area contributed by atoms with Crippen LogP contribution < -0.4 is 0 Å². The van der Waals surface area contributed by atoms with Crippen molar-refractivity contribution in [1.29, 1.82) is 0 Å². The molecule has 0 bridgehead atoms. The average molecular weight is 631 g/mol. The Morgan fingerprint density at radius 3 is 1.02 bits per heavy atom. The second-order valence-electron chi connectivity index (χ2n) is 14.3. The maximum Gasteiger partial charge on any atom is 0.0343 e. The Kier molecular flexibility index (Phi) is 7.74. The minimum absolute atomic E-state index is 0.103. The van der Waals surface area contributed by atoms with E-state index in [1.54, 1.807) is 0 Å². The molecule has 49 heavy (non-hydrogen) atoms. The van der Waals surface area contributed by atoms with Gasteiger partial charge in [-0.15, -0.1) is 0 Å². The SMILES string of the molecule is C1=C(C(c2ccccc2)c2ccccc2)c2ccccc2C1C1(C2C=C(C(c3ccccc3)c3ccccc3)c3ccccc32)CCCC1. The number of hydrogen-bond donors (Lipinski definition) is 0. The molecule has 6 aromatic carbocycles. The molecule has 0 saturated heterocycles. The van der Waals surface area contributed by atoms with E-state index in [2.05, 4.69) is 182 Å². The van der Waals surface area contributed by atoms with E-state index < -0.39 is 0 Å². The normalized spacial score (nSPS) is 19.1. The van der Waals surface area contributed by atoms with Crippen molar-refractivity contribution < 1.29 is 0 Å². The summed E-state index contributed by atoms with van der Waals surface area (Å²) in [7, 11) is 0. The molecule has 2 atom stereocenters. The first-order valence-corrected chi connectivity index (χ1v) is 18.1. The number of hydrogen-bond acceptors (Lipinski definition) is 0. The zero-order valence-corrected chi connectivity index (χ0v) is 28.0. The van der Waals surface area contributed by atoms with Gasteiger partial charge in [0.2, 0.25) is 0 Å².